The Bertz CT molecular complexity index is 662. The quantitative estimate of drug-likeness (QED) is 0.458. The molecule has 0 amide bonds. The number of hydrogen-bond acceptors (Lipinski definition) is 4. The number of carbonyl (C=O) groups is 1. The second-order valence-corrected chi connectivity index (χ2v) is 9.67. The molecule has 1 aromatic heterocycles. The van der Waals surface area contributed by atoms with Gasteiger partial charge in [0.25, 0.3) is 0 Å². The molecule has 0 bridgehead atoms. The highest BCUT2D eigenvalue weighted by atomic mass is 16.5. The number of carboxylic acids is 1. The van der Waals surface area contributed by atoms with E-state index in [1.807, 2.05) is 0 Å². The molecule has 0 saturated heterocycles. The van der Waals surface area contributed by atoms with Crippen molar-refractivity contribution in [2.45, 2.75) is 96.9 Å². The smallest absolute Gasteiger partial charge is 0.306 e. The van der Waals surface area contributed by atoms with Crippen LogP contribution in [0.5, 0.6) is 0 Å². The van der Waals surface area contributed by atoms with Gasteiger partial charge in [0.05, 0.1) is 5.92 Å². The predicted octanol–water partition coefficient (Wildman–Crippen LogP) is 5.16. The van der Waals surface area contributed by atoms with Crippen molar-refractivity contribution in [1.29, 1.82) is 0 Å². The van der Waals surface area contributed by atoms with E-state index in [-0.39, 0.29) is 5.92 Å². The Hall–Kier alpha value is -1.43. The fraction of sp³-hybridized carbons (Fsp3) is 0.870. The van der Waals surface area contributed by atoms with Crippen LogP contribution in [-0.4, -0.2) is 39.1 Å². The molecule has 2 aliphatic carbocycles. The molecule has 0 radical (unpaired) electrons. The molecule has 29 heavy (non-hydrogen) atoms. The molecule has 2 unspecified atom stereocenters. The Kier molecular flexibility index (Phi) is 7.72. The molecule has 2 atom stereocenters. The SMILES string of the molecule is CCCCOCCC(c1nnc(C2CC(CC(C)C)C2)n1C1CC1)C(C)C(=O)O. The summed E-state index contributed by atoms with van der Waals surface area (Å²) in [6, 6.07) is 0.462. The van der Waals surface area contributed by atoms with Crippen molar-refractivity contribution in [1.82, 2.24) is 14.8 Å². The van der Waals surface area contributed by atoms with E-state index in [1.54, 1.807) is 6.92 Å². The van der Waals surface area contributed by atoms with Gasteiger partial charge in [0.2, 0.25) is 0 Å². The summed E-state index contributed by atoms with van der Waals surface area (Å²) in [6.07, 6.45) is 8.82. The van der Waals surface area contributed by atoms with Crippen molar-refractivity contribution >= 4 is 5.97 Å². The molecule has 6 nitrogen and oxygen atoms in total. The molecule has 2 saturated carbocycles. The van der Waals surface area contributed by atoms with Crippen LogP contribution in [0.3, 0.4) is 0 Å². The first-order valence-corrected chi connectivity index (χ1v) is 11.7. The monoisotopic (exact) mass is 405 g/mol. The molecular weight excluding hydrogens is 366 g/mol. The fourth-order valence-corrected chi connectivity index (χ4v) is 4.69. The molecule has 1 aromatic rings. The van der Waals surface area contributed by atoms with E-state index in [4.69, 9.17) is 4.74 Å². The zero-order valence-electron chi connectivity index (χ0n) is 18.6. The molecule has 6 heteroatoms. The first-order valence-electron chi connectivity index (χ1n) is 11.7. The molecular formula is C23H39N3O3. The molecule has 2 aliphatic rings. The van der Waals surface area contributed by atoms with Gasteiger partial charge < -0.3 is 14.4 Å². The Morgan fingerprint density at radius 3 is 2.52 bits per heavy atom. The Morgan fingerprint density at radius 1 is 1.21 bits per heavy atom. The maximum atomic E-state index is 11.8. The van der Waals surface area contributed by atoms with Crippen molar-refractivity contribution in [2.24, 2.45) is 17.8 Å². The number of aromatic nitrogens is 3. The maximum Gasteiger partial charge on any atom is 0.306 e. The third kappa shape index (κ3) is 5.59. The van der Waals surface area contributed by atoms with Gasteiger partial charge in [-0.2, -0.15) is 0 Å². The van der Waals surface area contributed by atoms with Gasteiger partial charge in [0, 0.05) is 31.1 Å². The second-order valence-electron chi connectivity index (χ2n) is 9.67. The molecule has 3 rings (SSSR count). The van der Waals surface area contributed by atoms with Crippen molar-refractivity contribution in [3.05, 3.63) is 11.6 Å². The fourth-order valence-electron chi connectivity index (χ4n) is 4.69. The van der Waals surface area contributed by atoms with E-state index < -0.39 is 11.9 Å². The van der Waals surface area contributed by atoms with Crippen LogP contribution in [-0.2, 0) is 9.53 Å². The van der Waals surface area contributed by atoms with Crippen LogP contribution in [0, 0.1) is 17.8 Å². The minimum atomic E-state index is -0.768. The van der Waals surface area contributed by atoms with E-state index >= 15 is 0 Å². The molecule has 0 aromatic carbocycles. The number of unbranched alkanes of at least 4 members (excludes halogenated alkanes) is 1. The van der Waals surface area contributed by atoms with Gasteiger partial charge in [-0.05, 0) is 56.8 Å². The topological polar surface area (TPSA) is 77.2 Å². The molecule has 1 heterocycles. The van der Waals surface area contributed by atoms with Gasteiger partial charge in [-0.1, -0.05) is 34.1 Å². The molecule has 0 aliphatic heterocycles. The lowest BCUT2D eigenvalue weighted by atomic mass is 9.71. The van der Waals surface area contributed by atoms with Crippen molar-refractivity contribution in [2.75, 3.05) is 13.2 Å². The minimum Gasteiger partial charge on any atom is -0.481 e. The number of hydrogen-bond donors (Lipinski definition) is 1. The van der Waals surface area contributed by atoms with Gasteiger partial charge in [0.15, 0.2) is 0 Å². The van der Waals surface area contributed by atoms with Crippen LogP contribution >= 0.6 is 0 Å². The summed E-state index contributed by atoms with van der Waals surface area (Å²) in [5.74, 6) is 2.61. The standard InChI is InChI=1S/C23H39N3O3/c1-5-6-10-29-11-9-20(16(4)23(27)28)22-25-24-21(26(22)19-7-8-19)18-13-17(14-18)12-15(2)3/h15-20H,5-14H2,1-4H3,(H,27,28). The second kappa shape index (κ2) is 10.1. The van der Waals surface area contributed by atoms with Crippen molar-refractivity contribution in [3.63, 3.8) is 0 Å². The number of rotatable bonds is 13. The number of nitrogens with zero attached hydrogens (tertiary/aromatic N) is 3. The number of ether oxygens (including phenoxy) is 1. The van der Waals surface area contributed by atoms with Crippen LogP contribution in [0.4, 0.5) is 0 Å². The summed E-state index contributed by atoms with van der Waals surface area (Å²) in [7, 11) is 0. The van der Waals surface area contributed by atoms with Crippen LogP contribution < -0.4 is 0 Å². The number of carboxylic acid groups (broad SMARTS) is 1. The summed E-state index contributed by atoms with van der Waals surface area (Å²) >= 11 is 0. The first-order chi connectivity index (χ1) is 13.9. The highest BCUT2D eigenvalue weighted by Gasteiger charge is 2.40. The predicted molar refractivity (Wildman–Crippen MR) is 113 cm³/mol. The van der Waals surface area contributed by atoms with E-state index in [9.17, 15) is 9.90 Å². The van der Waals surface area contributed by atoms with Gasteiger partial charge in [-0.25, -0.2) is 0 Å². The summed E-state index contributed by atoms with van der Waals surface area (Å²) in [6.45, 7) is 9.84. The largest absolute Gasteiger partial charge is 0.481 e. The molecule has 2 fully saturated rings. The van der Waals surface area contributed by atoms with E-state index in [2.05, 4.69) is 35.5 Å². The summed E-state index contributed by atoms with van der Waals surface area (Å²) in [5.41, 5.74) is 0. The minimum absolute atomic E-state index is 0.150. The molecule has 1 N–H and O–H groups in total. The third-order valence-electron chi connectivity index (χ3n) is 6.61. The third-order valence-corrected chi connectivity index (χ3v) is 6.61. The normalized spacial score (nSPS) is 23.8. The lowest BCUT2D eigenvalue weighted by molar-refractivity contribution is -0.142. The van der Waals surface area contributed by atoms with E-state index in [0.29, 0.717) is 25.0 Å². The van der Waals surface area contributed by atoms with Crippen LogP contribution in [0.15, 0.2) is 0 Å². The van der Waals surface area contributed by atoms with Crippen LogP contribution in [0.1, 0.15) is 109 Å². The molecule has 0 spiro atoms. The van der Waals surface area contributed by atoms with Gasteiger partial charge in [-0.15, -0.1) is 10.2 Å². The lowest BCUT2D eigenvalue weighted by Crippen LogP contribution is -2.27. The summed E-state index contributed by atoms with van der Waals surface area (Å²) in [4.78, 5) is 11.8. The Balaban J connectivity index is 1.73. The van der Waals surface area contributed by atoms with E-state index in [1.165, 1.54) is 19.3 Å². The van der Waals surface area contributed by atoms with E-state index in [0.717, 1.165) is 55.8 Å². The van der Waals surface area contributed by atoms with Crippen molar-refractivity contribution in [3.8, 4) is 0 Å². The summed E-state index contributed by atoms with van der Waals surface area (Å²) in [5, 5.41) is 18.9. The average Bonchev–Trinajstić information content (AvgIpc) is 3.39. The first kappa shape index (κ1) is 22.3. The average molecular weight is 406 g/mol. The van der Waals surface area contributed by atoms with Crippen molar-refractivity contribution < 1.29 is 14.6 Å². The van der Waals surface area contributed by atoms with Gasteiger partial charge >= 0.3 is 5.97 Å². The summed E-state index contributed by atoms with van der Waals surface area (Å²) < 4.78 is 8.08. The maximum absolute atomic E-state index is 11.8. The van der Waals surface area contributed by atoms with Crippen LogP contribution in [0.25, 0.3) is 0 Å². The Labute approximate surface area is 175 Å². The lowest BCUT2D eigenvalue weighted by Gasteiger charge is -2.36. The number of aliphatic carboxylic acids is 1. The Morgan fingerprint density at radius 2 is 1.93 bits per heavy atom. The van der Waals surface area contributed by atoms with Gasteiger partial charge in [-0.3, -0.25) is 4.79 Å². The van der Waals surface area contributed by atoms with Crippen LogP contribution in [0.2, 0.25) is 0 Å². The highest BCUT2D eigenvalue weighted by Crippen LogP contribution is 2.48. The zero-order chi connectivity index (χ0) is 21.0. The van der Waals surface area contributed by atoms with Gasteiger partial charge in [0.1, 0.15) is 11.6 Å². The highest BCUT2D eigenvalue weighted by molar-refractivity contribution is 5.70. The molecule has 164 valence electrons. The zero-order valence-corrected chi connectivity index (χ0v) is 18.6.